The predicted molar refractivity (Wildman–Crippen MR) is 209 cm³/mol. The molecule has 0 bridgehead atoms. The predicted octanol–water partition coefficient (Wildman–Crippen LogP) is 4.13. The number of likely N-dealkylation sites (N-methyl/N-ethyl adjacent to an activating group) is 1. The lowest BCUT2D eigenvalue weighted by Gasteiger charge is -2.36. The van der Waals surface area contributed by atoms with Crippen molar-refractivity contribution in [2.24, 2.45) is 11.8 Å². The smallest absolute Gasteiger partial charge is 0.426 e. The normalized spacial score (nSPS) is 16.7. The number of amides is 5. The zero-order valence-corrected chi connectivity index (χ0v) is 34.6. The Balaban J connectivity index is 1.97. The average Bonchev–Trinajstić information content (AvgIpc) is 3.62. The van der Waals surface area contributed by atoms with Crippen molar-refractivity contribution in [3.63, 3.8) is 0 Å². The van der Waals surface area contributed by atoms with Gasteiger partial charge >= 0.3 is 12.1 Å². The highest BCUT2D eigenvalue weighted by molar-refractivity contribution is 8.76. The van der Waals surface area contributed by atoms with Gasteiger partial charge in [-0.3, -0.25) is 34.3 Å². The van der Waals surface area contributed by atoms with Gasteiger partial charge in [0.05, 0.1) is 11.0 Å². The molecule has 1 aliphatic rings. The molecule has 18 heteroatoms. The average molecular weight is 802 g/mol. The summed E-state index contributed by atoms with van der Waals surface area (Å²) >= 11 is 1.33. The molecule has 1 fully saturated rings. The van der Waals surface area contributed by atoms with E-state index in [9.17, 15) is 28.8 Å². The maximum Gasteiger partial charge on any atom is 0.426 e. The standard InChI is InChI=1S/C35H59N7O8S3/c1-8-12-29(43)50-22-42(34(47)30(23(3)9-2)38-33(46)27-13-10-11-18-41(27)6)25(5)14-15-28-37-26(21-52-28)32(45)36-17-16-24(4)31(44)39-40-35(48)49-19-20-53-51-7/h21,23-25,27,30H,8-20,22H2,1-7H3,(H,36,45)(H,38,46)(H,39,44)(H,40,48)/t23?,24-,25-,27+,30-/m0/s1. The van der Waals surface area contributed by atoms with Crippen LogP contribution in [0.1, 0.15) is 101 Å². The first-order valence-corrected chi connectivity index (χ1v) is 22.0. The van der Waals surface area contributed by atoms with Gasteiger partial charge < -0.3 is 25.0 Å². The van der Waals surface area contributed by atoms with Crippen LogP contribution in [0.4, 0.5) is 4.79 Å². The zero-order chi connectivity index (χ0) is 39.3. The van der Waals surface area contributed by atoms with E-state index in [2.05, 4.69) is 26.5 Å². The first kappa shape index (κ1) is 46.1. The molecule has 5 amide bonds. The van der Waals surface area contributed by atoms with Crippen LogP contribution >= 0.6 is 32.9 Å². The van der Waals surface area contributed by atoms with E-state index in [-0.39, 0.29) is 67.7 Å². The third-order valence-electron chi connectivity index (χ3n) is 9.16. The number of nitrogens with one attached hydrogen (secondary N) is 4. The summed E-state index contributed by atoms with van der Waals surface area (Å²) in [6.07, 6.45) is 6.68. The van der Waals surface area contributed by atoms with Crippen molar-refractivity contribution in [3.8, 4) is 0 Å². The molecule has 0 spiro atoms. The Morgan fingerprint density at radius 3 is 2.51 bits per heavy atom. The molecule has 1 unspecified atom stereocenters. The molecule has 1 aromatic heterocycles. The lowest BCUT2D eigenvalue weighted by atomic mass is 9.95. The molecule has 0 aliphatic carbocycles. The van der Waals surface area contributed by atoms with Gasteiger partial charge in [-0.15, -0.1) is 11.3 Å². The Morgan fingerprint density at radius 1 is 1.08 bits per heavy atom. The summed E-state index contributed by atoms with van der Waals surface area (Å²) in [7, 11) is 5.05. The van der Waals surface area contributed by atoms with Gasteiger partial charge in [0.25, 0.3) is 5.91 Å². The van der Waals surface area contributed by atoms with Crippen LogP contribution in [0.2, 0.25) is 0 Å². The minimum Gasteiger partial charge on any atom is -0.447 e. The van der Waals surface area contributed by atoms with Gasteiger partial charge in [-0.25, -0.2) is 15.2 Å². The SMILES string of the molecule is CCCC(=O)OCN(C(=O)[C@@H](NC(=O)[C@H]1CCCCN1C)C(C)CC)[C@@H](C)CCc1nc(C(=O)NCC[C@H](C)C(=O)NNC(=O)OCCSSC)cs1. The molecule has 0 radical (unpaired) electrons. The first-order chi connectivity index (χ1) is 25.3. The highest BCUT2D eigenvalue weighted by Crippen LogP contribution is 2.21. The Morgan fingerprint density at radius 2 is 1.83 bits per heavy atom. The van der Waals surface area contributed by atoms with E-state index >= 15 is 0 Å². The molecule has 4 N–H and O–H groups in total. The van der Waals surface area contributed by atoms with Gasteiger partial charge in [0, 0.05) is 42.5 Å². The summed E-state index contributed by atoms with van der Waals surface area (Å²) in [5, 5.41) is 8.18. The van der Waals surface area contributed by atoms with Crippen molar-refractivity contribution in [1.29, 1.82) is 0 Å². The van der Waals surface area contributed by atoms with E-state index < -0.39 is 29.9 Å². The number of likely N-dealkylation sites (tertiary alicyclic amines) is 1. The van der Waals surface area contributed by atoms with Gasteiger partial charge in [0.2, 0.25) is 17.7 Å². The summed E-state index contributed by atoms with van der Waals surface area (Å²) < 4.78 is 10.5. The maximum atomic E-state index is 14.2. The first-order valence-electron chi connectivity index (χ1n) is 18.4. The van der Waals surface area contributed by atoms with Crippen LogP contribution in [-0.2, 0) is 35.1 Å². The number of aryl methyl sites for hydroxylation is 1. The molecule has 0 aromatic carbocycles. The number of esters is 1. The fourth-order valence-corrected chi connectivity index (χ4v) is 7.33. The number of hydrazine groups is 1. The van der Waals surface area contributed by atoms with E-state index in [1.54, 1.807) is 33.9 Å². The monoisotopic (exact) mass is 801 g/mol. The Labute approximate surface area is 325 Å². The Bertz CT molecular complexity index is 1340. The molecule has 1 aromatic rings. The summed E-state index contributed by atoms with van der Waals surface area (Å²) in [6.45, 7) is 10.4. The second-order valence-corrected chi connectivity index (χ2v) is 16.9. The number of rotatable bonds is 22. The topological polar surface area (TPSA) is 188 Å². The second-order valence-electron chi connectivity index (χ2n) is 13.3. The molecule has 0 saturated carbocycles. The van der Waals surface area contributed by atoms with Crippen molar-refractivity contribution < 1.29 is 38.2 Å². The van der Waals surface area contributed by atoms with E-state index in [4.69, 9.17) is 9.47 Å². The van der Waals surface area contributed by atoms with E-state index in [1.807, 2.05) is 45.9 Å². The third-order valence-corrected chi connectivity index (χ3v) is 11.8. The summed E-state index contributed by atoms with van der Waals surface area (Å²) in [5.41, 5.74) is 4.78. The minimum absolute atomic E-state index is 0.155. The maximum absolute atomic E-state index is 14.2. The molecule has 53 heavy (non-hydrogen) atoms. The fourth-order valence-electron chi connectivity index (χ4n) is 5.51. The highest BCUT2D eigenvalue weighted by Gasteiger charge is 2.36. The van der Waals surface area contributed by atoms with E-state index in [0.29, 0.717) is 42.9 Å². The van der Waals surface area contributed by atoms with Gasteiger partial charge in [-0.05, 0) is 64.8 Å². The van der Waals surface area contributed by atoms with Crippen molar-refractivity contribution in [3.05, 3.63) is 16.1 Å². The molecule has 15 nitrogen and oxygen atoms in total. The Kier molecular flexibility index (Phi) is 21.8. The van der Waals surface area contributed by atoms with Crippen molar-refractivity contribution >= 4 is 68.6 Å². The number of hydrogen-bond acceptors (Lipinski definition) is 13. The van der Waals surface area contributed by atoms with Crippen LogP contribution in [0.3, 0.4) is 0 Å². The third kappa shape index (κ3) is 16.4. The van der Waals surface area contributed by atoms with Crippen molar-refractivity contribution in [2.45, 2.75) is 111 Å². The van der Waals surface area contributed by atoms with Crippen LogP contribution < -0.4 is 21.5 Å². The quantitative estimate of drug-likeness (QED) is 0.0433. The molecule has 1 saturated heterocycles. The molecule has 5 atom stereocenters. The highest BCUT2D eigenvalue weighted by atomic mass is 33.1. The van der Waals surface area contributed by atoms with Gasteiger partial charge in [-0.1, -0.05) is 62.1 Å². The number of nitrogens with zero attached hydrogens (tertiary/aromatic N) is 3. The number of aromatic nitrogens is 1. The van der Waals surface area contributed by atoms with E-state index in [1.165, 1.54) is 16.2 Å². The van der Waals surface area contributed by atoms with Crippen LogP contribution in [-0.4, -0.2) is 114 Å². The van der Waals surface area contributed by atoms with Crippen molar-refractivity contribution in [2.75, 3.05) is 45.5 Å². The molecular weight excluding hydrogens is 743 g/mol. The van der Waals surface area contributed by atoms with Gasteiger partial charge in [-0.2, -0.15) is 0 Å². The van der Waals surface area contributed by atoms with Crippen LogP contribution in [0.5, 0.6) is 0 Å². The summed E-state index contributed by atoms with van der Waals surface area (Å²) in [4.78, 5) is 84.8. The van der Waals surface area contributed by atoms with E-state index in [0.717, 1.165) is 25.8 Å². The number of ether oxygens (including phenoxy) is 2. The van der Waals surface area contributed by atoms with Crippen LogP contribution in [0, 0.1) is 11.8 Å². The molecule has 1 aliphatic heterocycles. The van der Waals surface area contributed by atoms with Crippen molar-refractivity contribution in [1.82, 2.24) is 36.3 Å². The molecular formula is C35H59N7O8S3. The van der Waals surface area contributed by atoms with Gasteiger partial charge in [0.1, 0.15) is 18.3 Å². The van der Waals surface area contributed by atoms with Crippen LogP contribution in [0.25, 0.3) is 0 Å². The number of carbonyl (C=O) groups excluding carboxylic acids is 6. The summed E-state index contributed by atoms with van der Waals surface area (Å²) in [5.74, 6) is -1.68. The van der Waals surface area contributed by atoms with Gasteiger partial charge in [0.15, 0.2) is 6.73 Å². The number of hydrogen-bond donors (Lipinski definition) is 4. The fraction of sp³-hybridized carbons (Fsp3) is 0.743. The second kappa shape index (κ2) is 25.1. The lowest BCUT2D eigenvalue weighted by Crippen LogP contribution is -2.58. The molecule has 300 valence electrons. The molecule has 2 rings (SSSR count). The zero-order valence-electron chi connectivity index (χ0n) is 32.2. The number of thiazole rings is 1. The Hall–Kier alpha value is -3.09. The minimum atomic E-state index is -0.786. The lowest BCUT2D eigenvalue weighted by molar-refractivity contribution is -0.157. The van der Waals surface area contributed by atoms with Crippen LogP contribution in [0.15, 0.2) is 5.38 Å². The molecule has 2 heterocycles. The largest absolute Gasteiger partial charge is 0.447 e. The summed E-state index contributed by atoms with van der Waals surface area (Å²) in [6, 6.07) is -1.46. The number of carbonyl (C=O) groups is 6. The number of piperidine rings is 1.